The maximum absolute atomic E-state index is 10.8. The third kappa shape index (κ3) is 2.41. The molecule has 0 radical (unpaired) electrons. The van der Waals surface area contributed by atoms with Crippen LogP contribution in [-0.4, -0.2) is 24.2 Å². The van der Waals surface area contributed by atoms with Gasteiger partial charge in [-0.05, 0) is 0 Å². The number of carboxylic acids is 1. The highest BCUT2D eigenvalue weighted by Crippen LogP contribution is 2.32. The van der Waals surface area contributed by atoms with Crippen LogP contribution in [0.3, 0.4) is 0 Å². The molecule has 0 atom stereocenters. The minimum absolute atomic E-state index is 0.00421. The molecular weight excluding hydrogens is 214 g/mol. The molecule has 0 aliphatic carbocycles. The van der Waals surface area contributed by atoms with Gasteiger partial charge in [-0.3, -0.25) is 4.79 Å². The summed E-state index contributed by atoms with van der Waals surface area (Å²) in [6.45, 7) is 1.22. The highest BCUT2D eigenvalue weighted by molar-refractivity contribution is 5.95. The summed E-state index contributed by atoms with van der Waals surface area (Å²) in [5, 5.41) is 8.82. The topological polar surface area (TPSA) is 98.8 Å². The summed E-state index contributed by atoms with van der Waals surface area (Å²) in [6.07, 6.45) is 0. The molecule has 0 aliphatic rings. The summed E-state index contributed by atoms with van der Waals surface area (Å²) in [4.78, 5) is 21.6. The van der Waals surface area contributed by atoms with Gasteiger partial charge in [-0.2, -0.15) is 0 Å². The lowest BCUT2D eigenvalue weighted by Gasteiger charge is -2.10. The lowest BCUT2D eigenvalue weighted by atomic mass is 10.1. The summed E-state index contributed by atoms with van der Waals surface area (Å²) in [5.41, 5.74) is 5.39. The van der Waals surface area contributed by atoms with Gasteiger partial charge in [0.15, 0.2) is 11.5 Å². The van der Waals surface area contributed by atoms with E-state index < -0.39 is 11.9 Å². The molecule has 0 spiro atoms. The first kappa shape index (κ1) is 11.8. The predicted molar refractivity (Wildman–Crippen MR) is 55.7 cm³/mol. The van der Waals surface area contributed by atoms with E-state index in [2.05, 4.69) is 0 Å². The summed E-state index contributed by atoms with van der Waals surface area (Å²) in [7, 11) is 1.34. The second kappa shape index (κ2) is 4.52. The van der Waals surface area contributed by atoms with Crippen molar-refractivity contribution in [3.63, 3.8) is 0 Å². The fourth-order valence-corrected chi connectivity index (χ4v) is 1.16. The van der Waals surface area contributed by atoms with Crippen LogP contribution in [0.4, 0.5) is 5.69 Å². The quantitative estimate of drug-likeness (QED) is 0.450. The lowest BCUT2D eigenvalue weighted by molar-refractivity contribution is -0.132. The van der Waals surface area contributed by atoms with Crippen LogP contribution in [0, 0.1) is 0 Å². The maximum Gasteiger partial charge on any atom is 0.337 e. The summed E-state index contributed by atoms with van der Waals surface area (Å²) in [6, 6.07) is 2.44. The molecule has 0 aliphatic heterocycles. The van der Waals surface area contributed by atoms with E-state index in [1.165, 1.54) is 26.2 Å². The van der Waals surface area contributed by atoms with E-state index >= 15 is 0 Å². The van der Waals surface area contributed by atoms with E-state index in [9.17, 15) is 9.59 Å². The van der Waals surface area contributed by atoms with Crippen LogP contribution in [0.1, 0.15) is 17.3 Å². The van der Waals surface area contributed by atoms with Gasteiger partial charge in [-0.25, -0.2) is 4.79 Å². The highest BCUT2D eigenvalue weighted by atomic mass is 16.6. The van der Waals surface area contributed by atoms with Crippen LogP contribution in [0.5, 0.6) is 11.5 Å². The number of hydrogen-bond donors (Lipinski definition) is 2. The number of nitrogen functional groups attached to an aromatic ring is 1. The van der Waals surface area contributed by atoms with E-state index in [1.807, 2.05) is 0 Å². The van der Waals surface area contributed by atoms with Crippen molar-refractivity contribution >= 4 is 17.6 Å². The van der Waals surface area contributed by atoms with Crippen LogP contribution in [0.15, 0.2) is 12.1 Å². The van der Waals surface area contributed by atoms with Crippen molar-refractivity contribution in [1.29, 1.82) is 0 Å². The molecule has 0 amide bonds. The number of benzene rings is 1. The smallest absolute Gasteiger partial charge is 0.337 e. The maximum atomic E-state index is 10.8. The Balaban J connectivity index is 3.26. The molecule has 0 heterocycles. The van der Waals surface area contributed by atoms with Gasteiger partial charge in [0, 0.05) is 19.1 Å². The number of carbonyl (C=O) groups excluding carboxylic acids is 1. The Morgan fingerprint density at radius 3 is 2.38 bits per heavy atom. The first-order chi connectivity index (χ1) is 7.45. The lowest BCUT2D eigenvalue weighted by Crippen LogP contribution is -2.07. The second-order valence-corrected chi connectivity index (χ2v) is 2.99. The number of carbonyl (C=O) groups is 2. The first-order valence-electron chi connectivity index (χ1n) is 4.35. The number of esters is 1. The predicted octanol–water partition coefficient (Wildman–Crippen LogP) is 0.901. The van der Waals surface area contributed by atoms with Crippen LogP contribution < -0.4 is 15.2 Å². The molecule has 0 saturated heterocycles. The van der Waals surface area contributed by atoms with Gasteiger partial charge in [-0.15, -0.1) is 0 Å². The van der Waals surface area contributed by atoms with Crippen molar-refractivity contribution in [2.75, 3.05) is 12.8 Å². The standard InChI is InChI=1S/C10H11NO5/c1-5(12)16-9-4-7(11)6(10(13)14)3-8(9)15-2/h3-4H,11H2,1-2H3,(H,13,14). The van der Waals surface area contributed by atoms with E-state index in [0.717, 1.165) is 0 Å². The van der Waals surface area contributed by atoms with Gasteiger partial charge in [0.25, 0.3) is 0 Å². The summed E-state index contributed by atoms with van der Waals surface area (Å²) in [5.74, 6) is -1.48. The Hall–Kier alpha value is -2.24. The van der Waals surface area contributed by atoms with E-state index in [-0.39, 0.29) is 22.7 Å². The second-order valence-electron chi connectivity index (χ2n) is 2.99. The molecule has 0 aromatic heterocycles. The molecule has 1 aromatic carbocycles. The fourth-order valence-electron chi connectivity index (χ4n) is 1.16. The number of carboxylic acid groups (broad SMARTS) is 1. The number of rotatable bonds is 3. The zero-order valence-electron chi connectivity index (χ0n) is 8.81. The molecule has 16 heavy (non-hydrogen) atoms. The van der Waals surface area contributed by atoms with Gasteiger partial charge < -0.3 is 20.3 Å². The van der Waals surface area contributed by atoms with Crippen LogP contribution >= 0.6 is 0 Å². The normalized spacial score (nSPS) is 9.62. The molecule has 86 valence electrons. The largest absolute Gasteiger partial charge is 0.493 e. The summed E-state index contributed by atoms with van der Waals surface area (Å²) >= 11 is 0. The van der Waals surface area contributed by atoms with Gasteiger partial charge in [-0.1, -0.05) is 0 Å². The molecule has 1 aromatic rings. The molecule has 3 N–H and O–H groups in total. The monoisotopic (exact) mass is 225 g/mol. The minimum atomic E-state index is -1.18. The average molecular weight is 225 g/mol. The number of nitrogens with two attached hydrogens (primary N) is 1. The van der Waals surface area contributed by atoms with Crippen molar-refractivity contribution < 1.29 is 24.2 Å². The van der Waals surface area contributed by atoms with E-state index in [4.69, 9.17) is 20.3 Å². The Morgan fingerprint density at radius 2 is 1.94 bits per heavy atom. The number of aromatic carboxylic acids is 1. The molecule has 0 bridgehead atoms. The molecule has 6 nitrogen and oxygen atoms in total. The van der Waals surface area contributed by atoms with Crippen LogP contribution in [0.2, 0.25) is 0 Å². The zero-order chi connectivity index (χ0) is 12.3. The van der Waals surface area contributed by atoms with E-state index in [1.54, 1.807) is 0 Å². The van der Waals surface area contributed by atoms with Gasteiger partial charge >= 0.3 is 11.9 Å². The van der Waals surface area contributed by atoms with Gasteiger partial charge in [0.1, 0.15) is 0 Å². The first-order valence-corrected chi connectivity index (χ1v) is 4.35. The number of methoxy groups -OCH3 is 1. The molecule has 0 unspecified atom stereocenters. The SMILES string of the molecule is COc1cc(C(=O)O)c(N)cc1OC(C)=O. The minimum Gasteiger partial charge on any atom is -0.493 e. The van der Waals surface area contributed by atoms with Crippen LogP contribution in [-0.2, 0) is 4.79 Å². The summed E-state index contributed by atoms with van der Waals surface area (Å²) < 4.78 is 9.71. The van der Waals surface area contributed by atoms with Gasteiger partial charge in [0.05, 0.1) is 18.4 Å². The average Bonchev–Trinajstić information content (AvgIpc) is 2.16. The number of anilines is 1. The molecule has 0 fully saturated rings. The fraction of sp³-hybridized carbons (Fsp3) is 0.200. The zero-order valence-corrected chi connectivity index (χ0v) is 8.81. The molecular formula is C10H11NO5. The number of hydrogen-bond acceptors (Lipinski definition) is 5. The molecule has 0 saturated carbocycles. The van der Waals surface area contributed by atoms with E-state index in [0.29, 0.717) is 0 Å². The van der Waals surface area contributed by atoms with Crippen LogP contribution in [0.25, 0.3) is 0 Å². The Morgan fingerprint density at radius 1 is 1.31 bits per heavy atom. The number of ether oxygens (including phenoxy) is 2. The molecule has 6 heteroatoms. The van der Waals surface area contributed by atoms with Crippen molar-refractivity contribution in [3.8, 4) is 11.5 Å². The van der Waals surface area contributed by atoms with Crippen molar-refractivity contribution in [2.24, 2.45) is 0 Å². The third-order valence-electron chi connectivity index (χ3n) is 1.82. The third-order valence-corrected chi connectivity index (χ3v) is 1.82. The van der Waals surface area contributed by atoms with Crippen molar-refractivity contribution in [3.05, 3.63) is 17.7 Å². The Labute approximate surface area is 91.6 Å². The molecule has 1 rings (SSSR count). The van der Waals surface area contributed by atoms with Crippen molar-refractivity contribution in [1.82, 2.24) is 0 Å². The Bertz CT molecular complexity index is 441. The van der Waals surface area contributed by atoms with Gasteiger partial charge in [0.2, 0.25) is 0 Å². The van der Waals surface area contributed by atoms with Crippen molar-refractivity contribution in [2.45, 2.75) is 6.92 Å². The Kier molecular flexibility index (Phi) is 3.34. The highest BCUT2D eigenvalue weighted by Gasteiger charge is 2.15.